The number of nitrogens with zero attached hydrogens (tertiary/aromatic N) is 1. The number of pyridine rings is 1. The number of nitrogen functional groups attached to an aromatic ring is 1. The van der Waals surface area contributed by atoms with E-state index in [-0.39, 0.29) is 11.4 Å². The van der Waals surface area contributed by atoms with Crippen molar-refractivity contribution >= 4 is 11.7 Å². The van der Waals surface area contributed by atoms with Gasteiger partial charge in [0.2, 0.25) is 0 Å². The standard InChI is InChI=1S/C14H21FN4O/c15-12-11(7-9-17-13(12)19-16)14(20)18-8-6-10-4-2-1-3-5-10/h7,9-10H,1-6,8,16H2,(H,17,19)(H,18,20). The molecule has 4 N–H and O–H groups in total. The van der Waals surface area contributed by atoms with Crippen molar-refractivity contribution in [1.29, 1.82) is 0 Å². The van der Waals surface area contributed by atoms with Crippen LogP contribution in [0.25, 0.3) is 0 Å². The zero-order valence-electron chi connectivity index (χ0n) is 11.5. The summed E-state index contributed by atoms with van der Waals surface area (Å²) in [7, 11) is 0. The Hall–Kier alpha value is -1.69. The fourth-order valence-corrected chi connectivity index (χ4v) is 2.68. The largest absolute Gasteiger partial charge is 0.352 e. The van der Waals surface area contributed by atoms with E-state index in [1.54, 1.807) is 0 Å². The first-order chi connectivity index (χ1) is 9.72. The van der Waals surface area contributed by atoms with Gasteiger partial charge in [0.1, 0.15) is 0 Å². The lowest BCUT2D eigenvalue weighted by molar-refractivity contribution is 0.0946. The molecule has 20 heavy (non-hydrogen) atoms. The smallest absolute Gasteiger partial charge is 0.254 e. The van der Waals surface area contributed by atoms with Crippen LogP contribution in [0.5, 0.6) is 0 Å². The maximum atomic E-state index is 13.8. The van der Waals surface area contributed by atoms with Crippen LogP contribution in [0, 0.1) is 11.7 Å². The van der Waals surface area contributed by atoms with Gasteiger partial charge in [0.25, 0.3) is 5.91 Å². The van der Waals surface area contributed by atoms with Gasteiger partial charge in [-0.2, -0.15) is 0 Å². The van der Waals surface area contributed by atoms with Crippen molar-refractivity contribution in [1.82, 2.24) is 10.3 Å². The van der Waals surface area contributed by atoms with E-state index in [9.17, 15) is 9.18 Å². The summed E-state index contributed by atoms with van der Waals surface area (Å²) in [5, 5.41) is 2.76. The number of hydrazine groups is 1. The van der Waals surface area contributed by atoms with Crippen LogP contribution < -0.4 is 16.6 Å². The Bertz CT molecular complexity index is 460. The Balaban J connectivity index is 1.85. The number of nitrogens with two attached hydrogens (primary N) is 1. The maximum absolute atomic E-state index is 13.8. The van der Waals surface area contributed by atoms with Crippen LogP contribution in [0.1, 0.15) is 48.9 Å². The Morgan fingerprint density at radius 1 is 1.40 bits per heavy atom. The van der Waals surface area contributed by atoms with Gasteiger partial charge in [-0.05, 0) is 18.4 Å². The molecule has 0 atom stereocenters. The first-order valence-corrected chi connectivity index (χ1v) is 7.11. The molecule has 1 amide bonds. The highest BCUT2D eigenvalue weighted by atomic mass is 19.1. The van der Waals surface area contributed by atoms with Crippen LogP contribution in [0.3, 0.4) is 0 Å². The summed E-state index contributed by atoms with van der Waals surface area (Å²) in [6, 6.07) is 1.35. The van der Waals surface area contributed by atoms with E-state index in [2.05, 4.69) is 15.7 Å². The molecule has 1 aliphatic rings. The van der Waals surface area contributed by atoms with Gasteiger partial charge < -0.3 is 10.7 Å². The summed E-state index contributed by atoms with van der Waals surface area (Å²) in [5.74, 6) is 4.56. The molecule has 1 saturated carbocycles. The number of carbonyl (C=O) groups excluding carboxylic acids is 1. The number of halogens is 1. The number of hydrogen-bond donors (Lipinski definition) is 3. The normalized spacial score (nSPS) is 15.9. The Morgan fingerprint density at radius 3 is 2.85 bits per heavy atom. The minimum atomic E-state index is -0.717. The van der Waals surface area contributed by atoms with E-state index >= 15 is 0 Å². The van der Waals surface area contributed by atoms with Crippen molar-refractivity contribution in [3.8, 4) is 0 Å². The van der Waals surface area contributed by atoms with Gasteiger partial charge >= 0.3 is 0 Å². The maximum Gasteiger partial charge on any atom is 0.254 e. The molecule has 0 aromatic carbocycles. The predicted octanol–water partition coefficient (Wildman–Crippen LogP) is 2.21. The van der Waals surface area contributed by atoms with Crippen LogP contribution in [-0.4, -0.2) is 17.4 Å². The molecule has 1 aromatic rings. The number of aromatic nitrogens is 1. The van der Waals surface area contributed by atoms with Gasteiger partial charge in [-0.25, -0.2) is 15.2 Å². The highest BCUT2D eigenvalue weighted by Crippen LogP contribution is 2.25. The number of hydrogen-bond acceptors (Lipinski definition) is 4. The third-order valence-electron chi connectivity index (χ3n) is 3.83. The predicted molar refractivity (Wildman–Crippen MR) is 75.5 cm³/mol. The summed E-state index contributed by atoms with van der Waals surface area (Å²) in [6.07, 6.45) is 8.67. The molecular formula is C14H21FN4O. The Labute approximate surface area is 118 Å². The minimum Gasteiger partial charge on any atom is -0.352 e. The third kappa shape index (κ3) is 3.66. The molecule has 0 bridgehead atoms. The van der Waals surface area contributed by atoms with E-state index in [1.807, 2.05) is 0 Å². The number of amides is 1. The van der Waals surface area contributed by atoms with E-state index in [1.165, 1.54) is 44.4 Å². The summed E-state index contributed by atoms with van der Waals surface area (Å²) in [4.78, 5) is 15.6. The fraction of sp³-hybridized carbons (Fsp3) is 0.571. The topological polar surface area (TPSA) is 80.0 Å². The van der Waals surface area contributed by atoms with E-state index in [0.29, 0.717) is 12.5 Å². The van der Waals surface area contributed by atoms with Crippen molar-refractivity contribution in [2.75, 3.05) is 12.0 Å². The molecule has 2 rings (SSSR count). The summed E-state index contributed by atoms with van der Waals surface area (Å²) in [5.41, 5.74) is 2.10. The average Bonchev–Trinajstić information content (AvgIpc) is 2.48. The lowest BCUT2D eigenvalue weighted by Crippen LogP contribution is -2.27. The molecule has 0 radical (unpaired) electrons. The molecule has 110 valence electrons. The summed E-state index contributed by atoms with van der Waals surface area (Å²) >= 11 is 0. The minimum absolute atomic E-state index is 0.0309. The molecule has 0 saturated heterocycles. The third-order valence-corrected chi connectivity index (χ3v) is 3.83. The van der Waals surface area contributed by atoms with Gasteiger partial charge in [0.15, 0.2) is 11.6 Å². The molecule has 1 aliphatic carbocycles. The summed E-state index contributed by atoms with van der Waals surface area (Å²) < 4.78 is 13.8. The molecule has 0 unspecified atom stereocenters. The second kappa shape index (κ2) is 7.19. The number of nitrogens with one attached hydrogen (secondary N) is 2. The van der Waals surface area contributed by atoms with Crippen LogP contribution >= 0.6 is 0 Å². The Morgan fingerprint density at radius 2 is 2.15 bits per heavy atom. The molecule has 0 spiro atoms. The monoisotopic (exact) mass is 280 g/mol. The van der Waals surface area contributed by atoms with E-state index < -0.39 is 11.7 Å². The van der Waals surface area contributed by atoms with Crippen molar-refractivity contribution in [3.63, 3.8) is 0 Å². The van der Waals surface area contributed by atoms with Crippen LogP contribution in [0.2, 0.25) is 0 Å². The first kappa shape index (κ1) is 14.7. The fourth-order valence-electron chi connectivity index (χ4n) is 2.68. The van der Waals surface area contributed by atoms with Crippen LogP contribution in [0.4, 0.5) is 10.2 Å². The van der Waals surface area contributed by atoms with Gasteiger partial charge in [-0.15, -0.1) is 0 Å². The highest BCUT2D eigenvalue weighted by Gasteiger charge is 2.17. The van der Waals surface area contributed by atoms with Crippen molar-refractivity contribution in [3.05, 3.63) is 23.6 Å². The van der Waals surface area contributed by atoms with Gasteiger partial charge in [-0.3, -0.25) is 4.79 Å². The number of anilines is 1. The lowest BCUT2D eigenvalue weighted by atomic mass is 9.87. The van der Waals surface area contributed by atoms with Gasteiger partial charge in [0.05, 0.1) is 5.56 Å². The zero-order chi connectivity index (χ0) is 14.4. The molecular weight excluding hydrogens is 259 g/mol. The first-order valence-electron chi connectivity index (χ1n) is 7.11. The Kier molecular flexibility index (Phi) is 5.29. The molecule has 0 aliphatic heterocycles. The van der Waals surface area contributed by atoms with Crippen LogP contribution in [0.15, 0.2) is 12.3 Å². The van der Waals surface area contributed by atoms with Crippen LogP contribution in [-0.2, 0) is 0 Å². The zero-order valence-corrected chi connectivity index (χ0v) is 11.5. The molecule has 5 nitrogen and oxygen atoms in total. The summed E-state index contributed by atoms with van der Waals surface area (Å²) in [6.45, 7) is 0.580. The van der Waals surface area contributed by atoms with E-state index in [4.69, 9.17) is 5.84 Å². The van der Waals surface area contributed by atoms with Gasteiger partial charge in [0, 0.05) is 12.7 Å². The quantitative estimate of drug-likeness (QED) is 0.570. The molecule has 6 heteroatoms. The SMILES string of the molecule is NNc1nccc(C(=O)NCCC2CCCCC2)c1F. The lowest BCUT2D eigenvalue weighted by Gasteiger charge is -2.21. The number of carbonyl (C=O) groups is 1. The van der Waals surface area contributed by atoms with Crippen molar-refractivity contribution in [2.45, 2.75) is 38.5 Å². The highest BCUT2D eigenvalue weighted by molar-refractivity contribution is 5.95. The molecule has 1 aromatic heterocycles. The van der Waals surface area contributed by atoms with Crippen molar-refractivity contribution in [2.24, 2.45) is 11.8 Å². The average molecular weight is 280 g/mol. The molecule has 1 heterocycles. The number of rotatable bonds is 5. The van der Waals surface area contributed by atoms with Crippen molar-refractivity contribution < 1.29 is 9.18 Å². The van der Waals surface area contributed by atoms with E-state index in [0.717, 1.165) is 6.42 Å². The molecule has 1 fully saturated rings. The second-order valence-electron chi connectivity index (χ2n) is 5.21. The second-order valence-corrected chi connectivity index (χ2v) is 5.21. The van der Waals surface area contributed by atoms with Gasteiger partial charge in [-0.1, -0.05) is 32.1 Å².